The van der Waals surface area contributed by atoms with E-state index in [9.17, 15) is 0 Å². The first kappa shape index (κ1) is 16.3. The van der Waals surface area contributed by atoms with Crippen molar-refractivity contribution in [3.05, 3.63) is 33.3 Å². The number of halogens is 2. The van der Waals surface area contributed by atoms with E-state index in [0.717, 1.165) is 12.5 Å². The second-order valence-corrected chi connectivity index (χ2v) is 6.92. The molecule has 2 aliphatic heterocycles. The SMILES string of the molecule is Cc1cc(Br)c2c(c1)CN(CC1CCNCC1)CC2.Cl. The molecule has 1 aromatic carbocycles. The number of aryl methyl sites for hydroxylation is 1. The van der Waals surface area contributed by atoms with E-state index in [1.807, 2.05) is 0 Å². The fraction of sp³-hybridized carbons (Fsp3) is 0.625. The molecular weight excluding hydrogens is 336 g/mol. The highest BCUT2D eigenvalue weighted by Gasteiger charge is 2.22. The number of hydrogen-bond donors (Lipinski definition) is 1. The average Bonchev–Trinajstić information content (AvgIpc) is 2.39. The maximum absolute atomic E-state index is 3.72. The van der Waals surface area contributed by atoms with E-state index in [-0.39, 0.29) is 12.4 Å². The highest BCUT2D eigenvalue weighted by molar-refractivity contribution is 9.10. The Kier molecular flexibility index (Phi) is 5.91. The Hall–Kier alpha value is -0.0900. The van der Waals surface area contributed by atoms with Gasteiger partial charge in [-0.25, -0.2) is 0 Å². The molecule has 112 valence electrons. The van der Waals surface area contributed by atoms with E-state index in [0.29, 0.717) is 0 Å². The van der Waals surface area contributed by atoms with E-state index in [1.165, 1.54) is 66.6 Å². The molecule has 2 heterocycles. The molecule has 4 heteroatoms. The van der Waals surface area contributed by atoms with Gasteiger partial charge in [0.25, 0.3) is 0 Å². The lowest BCUT2D eigenvalue weighted by Crippen LogP contribution is -2.38. The summed E-state index contributed by atoms with van der Waals surface area (Å²) in [6.07, 6.45) is 3.89. The number of hydrogen-bond acceptors (Lipinski definition) is 2. The molecular formula is C16H24BrClN2. The molecule has 2 nitrogen and oxygen atoms in total. The van der Waals surface area contributed by atoms with Crippen molar-refractivity contribution in [1.82, 2.24) is 10.2 Å². The highest BCUT2D eigenvalue weighted by Crippen LogP contribution is 2.29. The summed E-state index contributed by atoms with van der Waals surface area (Å²) in [5, 5.41) is 3.46. The minimum Gasteiger partial charge on any atom is -0.317 e. The van der Waals surface area contributed by atoms with Crippen LogP contribution in [0.25, 0.3) is 0 Å². The van der Waals surface area contributed by atoms with Crippen LogP contribution in [0.15, 0.2) is 16.6 Å². The van der Waals surface area contributed by atoms with Crippen LogP contribution in [0.2, 0.25) is 0 Å². The summed E-state index contributed by atoms with van der Waals surface area (Å²) in [5.41, 5.74) is 4.44. The van der Waals surface area contributed by atoms with Crippen LogP contribution in [-0.4, -0.2) is 31.1 Å². The van der Waals surface area contributed by atoms with Crippen molar-refractivity contribution < 1.29 is 0 Å². The van der Waals surface area contributed by atoms with Gasteiger partial charge in [0.15, 0.2) is 0 Å². The highest BCUT2D eigenvalue weighted by atomic mass is 79.9. The second kappa shape index (κ2) is 7.26. The molecule has 0 amide bonds. The lowest BCUT2D eigenvalue weighted by molar-refractivity contribution is 0.191. The summed E-state index contributed by atoms with van der Waals surface area (Å²) in [6, 6.07) is 4.62. The first-order chi connectivity index (χ1) is 9.22. The molecule has 0 bridgehead atoms. The topological polar surface area (TPSA) is 15.3 Å². The van der Waals surface area contributed by atoms with E-state index in [1.54, 1.807) is 0 Å². The van der Waals surface area contributed by atoms with Crippen molar-refractivity contribution in [2.75, 3.05) is 26.2 Å². The summed E-state index contributed by atoms with van der Waals surface area (Å²) in [7, 11) is 0. The number of rotatable bonds is 2. The summed E-state index contributed by atoms with van der Waals surface area (Å²) >= 11 is 3.72. The molecule has 2 aliphatic rings. The lowest BCUT2D eigenvalue weighted by atomic mass is 9.94. The van der Waals surface area contributed by atoms with Crippen molar-refractivity contribution in [2.24, 2.45) is 5.92 Å². The standard InChI is InChI=1S/C16H23BrN2.ClH/c1-12-8-14-11-19(7-4-15(14)16(17)9-12)10-13-2-5-18-6-3-13;/h8-9,13,18H,2-7,10-11H2,1H3;1H. The van der Waals surface area contributed by atoms with Gasteiger partial charge in [-0.2, -0.15) is 0 Å². The molecule has 0 unspecified atom stereocenters. The third-order valence-electron chi connectivity index (χ3n) is 4.48. The normalized spacial score (nSPS) is 20.3. The van der Waals surface area contributed by atoms with Crippen LogP contribution < -0.4 is 5.32 Å². The van der Waals surface area contributed by atoms with Gasteiger partial charge in [0, 0.05) is 24.1 Å². The van der Waals surface area contributed by atoms with Crippen molar-refractivity contribution in [3.63, 3.8) is 0 Å². The number of nitrogens with one attached hydrogen (secondary N) is 1. The molecule has 3 rings (SSSR count). The minimum atomic E-state index is 0. The Morgan fingerprint density at radius 1 is 1.30 bits per heavy atom. The molecule has 0 spiro atoms. The predicted octanol–water partition coefficient (Wildman–Crippen LogP) is 3.54. The molecule has 20 heavy (non-hydrogen) atoms. The smallest absolute Gasteiger partial charge is 0.0237 e. The van der Waals surface area contributed by atoms with E-state index in [2.05, 4.69) is 45.2 Å². The van der Waals surface area contributed by atoms with E-state index >= 15 is 0 Å². The first-order valence-corrected chi connectivity index (χ1v) is 8.22. The molecule has 0 aliphatic carbocycles. The minimum absolute atomic E-state index is 0. The predicted molar refractivity (Wildman–Crippen MR) is 90.7 cm³/mol. The van der Waals surface area contributed by atoms with Gasteiger partial charge in [-0.15, -0.1) is 12.4 Å². The summed E-state index contributed by atoms with van der Waals surface area (Å²) in [5.74, 6) is 0.899. The van der Waals surface area contributed by atoms with Gasteiger partial charge >= 0.3 is 0 Å². The van der Waals surface area contributed by atoms with Gasteiger partial charge in [0.1, 0.15) is 0 Å². The third kappa shape index (κ3) is 3.76. The average molecular weight is 360 g/mol. The molecule has 0 aromatic heterocycles. The Labute approximate surface area is 136 Å². The van der Waals surface area contributed by atoms with Crippen LogP contribution >= 0.6 is 28.3 Å². The van der Waals surface area contributed by atoms with Crippen LogP contribution in [0.4, 0.5) is 0 Å². The van der Waals surface area contributed by atoms with Crippen LogP contribution in [0.3, 0.4) is 0 Å². The Morgan fingerprint density at radius 2 is 2.05 bits per heavy atom. The van der Waals surface area contributed by atoms with Crippen molar-refractivity contribution in [2.45, 2.75) is 32.7 Å². The zero-order valence-corrected chi connectivity index (χ0v) is 14.5. The molecule has 0 radical (unpaired) electrons. The zero-order chi connectivity index (χ0) is 13.2. The Balaban J connectivity index is 0.00000147. The van der Waals surface area contributed by atoms with Crippen LogP contribution in [0.5, 0.6) is 0 Å². The van der Waals surface area contributed by atoms with E-state index < -0.39 is 0 Å². The maximum Gasteiger partial charge on any atom is 0.0237 e. The van der Waals surface area contributed by atoms with Crippen molar-refractivity contribution >= 4 is 28.3 Å². The van der Waals surface area contributed by atoms with Gasteiger partial charge in [0.2, 0.25) is 0 Å². The van der Waals surface area contributed by atoms with Gasteiger partial charge in [0.05, 0.1) is 0 Å². The van der Waals surface area contributed by atoms with Gasteiger partial charge in [-0.05, 0) is 68.0 Å². The number of piperidine rings is 1. The first-order valence-electron chi connectivity index (χ1n) is 7.43. The van der Waals surface area contributed by atoms with Crippen LogP contribution in [-0.2, 0) is 13.0 Å². The Bertz CT molecular complexity index is 458. The maximum atomic E-state index is 3.72. The number of benzene rings is 1. The number of fused-ring (bicyclic) bond motifs is 1. The van der Waals surface area contributed by atoms with E-state index in [4.69, 9.17) is 0 Å². The molecule has 1 N–H and O–H groups in total. The quantitative estimate of drug-likeness (QED) is 0.869. The Morgan fingerprint density at radius 3 is 2.80 bits per heavy atom. The van der Waals surface area contributed by atoms with Crippen LogP contribution in [0, 0.1) is 12.8 Å². The van der Waals surface area contributed by atoms with Gasteiger partial charge in [-0.1, -0.05) is 22.0 Å². The van der Waals surface area contributed by atoms with Gasteiger partial charge in [-0.3, -0.25) is 4.90 Å². The molecule has 1 aromatic rings. The molecule has 0 saturated carbocycles. The number of nitrogens with zero attached hydrogens (tertiary/aromatic N) is 1. The fourth-order valence-electron chi connectivity index (χ4n) is 3.44. The van der Waals surface area contributed by atoms with Crippen molar-refractivity contribution in [1.29, 1.82) is 0 Å². The fourth-order valence-corrected chi connectivity index (χ4v) is 4.25. The largest absolute Gasteiger partial charge is 0.317 e. The molecule has 0 atom stereocenters. The lowest BCUT2D eigenvalue weighted by Gasteiger charge is -2.34. The summed E-state index contributed by atoms with van der Waals surface area (Å²) in [4.78, 5) is 2.66. The summed E-state index contributed by atoms with van der Waals surface area (Å²) in [6.45, 7) is 8.25. The monoisotopic (exact) mass is 358 g/mol. The zero-order valence-electron chi connectivity index (χ0n) is 12.1. The van der Waals surface area contributed by atoms with Gasteiger partial charge < -0.3 is 5.32 Å². The molecule has 1 fully saturated rings. The second-order valence-electron chi connectivity index (χ2n) is 6.06. The molecule has 1 saturated heterocycles. The van der Waals surface area contributed by atoms with Crippen molar-refractivity contribution in [3.8, 4) is 0 Å². The summed E-state index contributed by atoms with van der Waals surface area (Å²) < 4.78 is 1.31. The third-order valence-corrected chi connectivity index (χ3v) is 5.19. The van der Waals surface area contributed by atoms with Crippen LogP contribution in [0.1, 0.15) is 29.5 Å².